The number of aryl methyl sites for hydroxylation is 3. The number of carbonyl (C=O) groups is 1. The van der Waals surface area contributed by atoms with E-state index in [0.29, 0.717) is 17.1 Å². The first-order valence-corrected chi connectivity index (χ1v) is 15.5. The largest absolute Gasteiger partial charge is 0.497 e. The van der Waals surface area contributed by atoms with Gasteiger partial charge >= 0.3 is 0 Å². The molecule has 0 heterocycles. The molecule has 0 fully saturated rings. The lowest BCUT2D eigenvalue weighted by Crippen LogP contribution is -2.38. The van der Waals surface area contributed by atoms with Gasteiger partial charge in [0.2, 0.25) is 5.91 Å². The summed E-state index contributed by atoms with van der Waals surface area (Å²) in [4.78, 5) is 13.1. The van der Waals surface area contributed by atoms with Gasteiger partial charge in [0.1, 0.15) is 12.3 Å². The number of hydrogen-bond acceptors (Lipinski definition) is 6. The smallest absolute Gasteiger partial charge is 0.264 e. The van der Waals surface area contributed by atoms with Crippen LogP contribution in [0.2, 0.25) is 0 Å². The molecule has 0 aliphatic carbocycles. The summed E-state index contributed by atoms with van der Waals surface area (Å²) in [5, 5.41) is 2.66. The maximum absolute atomic E-state index is 13.6. The van der Waals surface area contributed by atoms with Gasteiger partial charge in [0.05, 0.1) is 28.3 Å². The monoisotopic (exact) mass is 593 g/mol. The number of amides is 1. The minimum Gasteiger partial charge on any atom is -0.497 e. The predicted molar refractivity (Wildman–Crippen MR) is 161 cm³/mol. The van der Waals surface area contributed by atoms with Crippen LogP contribution < -0.4 is 19.1 Å². The van der Waals surface area contributed by atoms with Crippen LogP contribution in [0.15, 0.2) is 101 Å². The van der Waals surface area contributed by atoms with Crippen LogP contribution >= 0.6 is 0 Å². The molecule has 0 spiro atoms. The first-order chi connectivity index (χ1) is 19.4. The molecule has 0 aliphatic heterocycles. The third-order valence-electron chi connectivity index (χ3n) is 6.32. The van der Waals surface area contributed by atoms with Gasteiger partial charge in [-0.25, -0.2) is 16.8 Å². The SMILES string of the molecule is COc1cccc(N(CC(=O)Nc2ccc(S(=O)(=O)Nc3cc(C)ccc3C)cc2)S(=O)(=O)c2ccc(C)cc2)c1. The van der Waals surface area contributed by atoms with E-state index in [0.717, 1.165) is 21.0 Å². The maximum atomic E-state index is 13.6. The number of anilines is 3. The molecule has 0 bridgehead atoms. The van der Waals surface area contributed by atoms with Crippen molar-refractivity contribution in [2.24, 2.45) is 0 Å². The first-order valence-electron chi connectivity index (χ1n) is 12.6. The zero-order chi connectivity index (χ0) is 29.8. The van der Waals surface area contributed by atoms with E-state index in [2.05, 4.69) is 10.0 Å². The fourth-order valence-corrected chi connectivity index (χ4v) is 6.55. The second-order valence-corrected chi connectivity index (χ2v) is 13.1. The Morgan fingerprint density at radius 3 is 2.07 bits per heavy atom. The fourth-order valence-electron chi connectivity index (χ4n) is 4.02. The number of hydrogen-bond donors (Lipinski definition) is 2. The van der Waals surface area contributed by atoms with Crippen LogP contribution in [0.25, 0.3) is 0 Å². The van der Waals surface area contributed by atoms with E-state index in [1.54, 1.807) is 36.4 Å². The summed E-state index contributed by atoms with van der Waals surface area (Å²) in [6, 6.07) is 23.8. The van der Waals surface area contributed by atoms with Crippen LogP contribution in [0, 0.1) is 20.8 Å². The van der Waals surface area contributed by atoms with Crippen LogP contribution in [0.4, 0.5) is 17.1 Å². The third kappa shape index (κ3) is 7.05. The molecule has 11 heteroatoms. The third-order valence-corrected chi connectivity index (χ3v) is 9.49. The Labute approximate surface area is 240 Å². The average Bonchev–Trinajstić information content (AvgIpc) is 2.94. The quantitative estimate of drug-likeness (QED) is 0.259. The van der Waals surface area contributed by atoms with Crippen molar-refractivity contribution in [2.45, 2.75) is 30.6 Å². The highest BCUT2D eigenvalue weighted by Gasteiger charge is 2.28. The number of ether oxygens (including phenoxy) is 1. The van der Waals surface area contributed by atoms with Crippen LogP contribution in [0.3, 0.4) is 0 Å². The molecule has 1 amide bonds. The van der Waals surface area contributed by atoms with Crippen molar-refractivity contribution in [3.05, 3.63) is 108 Å². The molecule has 0 atom stereocenters. The van der Waals surface area contributed by atoms with Gasteiger partial charge < -0.3 is 10.1 Å². The predicted octanol–water partition coefficient (Wildman–Crippen LogP) is 5.26. The van der Waals surface area contributed by atoms with E-state index < -0.39 is 32.5 Å². The molecule has 9 nitrogen and oxygen atoms in total. The summed E-state index contributed by atoms with van der Waals surface area (Å²) in [6.45, 7) is 5.00. The minimum atomic E-state index is -4.12. The Morgan fingerprint density at radius 2 is 1.41 bits per heavy atom. The van der Waals surface area contributed by atoms with Gasteiger partial charge in [0, 0.05) is 11.8 Å². The average molecular weight is 594 g/mol. The van der Waals surface area contributed by atoms with Crippen molar-refractivity contribution < 1.29 is 26.4 Å². The van der Waals surface area contributed by atoms with E-state index in [9.17, 15) is 21.6 Å². The summed E-state index contributed by atoms with van der Waals surface area (Å²) in [5.74, 6) is -0.189. The van der Waals surface area contributed by atoms with Crippen molar-refractivity contribution in [3.8, 4) is 5.75 Å². The molecular weight excluding hydrogens is 562 g/mol. The van der Waals surface area contributed by atoms with Crippen LogP contribution in [0.1, 0.15) is 16.7 Å². The van der Waals surface area contributed by atoms with Gasteiger partial charge in [-0.05, 0) is 86.5 Å². The van der Waals surface area contributed by atoms with Gasteiger partial charge in [0.25, 0.3) is 20.0 Å². The van der Waals surface area contributed by atoms with Crippen molar-refractivity contribution in [1.82, 2.24) is 0 Å². The summed E-state index contributed by atoms with van der Waals surface area (Å²) >= 11 is 0. The second-order valence-electron chi connectivity index (χ2n) is 9.52. The van der Waals surface area contributed by atoms with Gasteiger partial charge in [-0.3, -0.25) is 13.8 Å². The van der Waals surface area contributed by atoms with Crippen molar-refractivity contribution in [2.75, 3.05) is 28.0 Å². The number of carbonyl (C=O) groups excluding carboxylic acids is 1. The highest BCUT2D eigenvalue weighted by Crippen LogP contribution is 2.28. The summed E-state index contributed by atoms with van der Waals surface area (Å²) in [6.07, 6.45) is 0. The number of benzene rings is 4. The zero-order valence-corrected chi connectivity index (χ0v) is 24.7. The fraction of sp³-hybridized carbons (Fsp3) is 0.167. The Morgan fingerprint density at radius 1 is 0.780 bits per heavy atom. The maximum Gasteiger partial charge on any atom is 0.264 e. The van der Waals surface area contributed by atoms with E-state index in [1.807, 2.05) is 32.9 Å². The topological polar surface area (TPSA) is 122 Å². The molecule has 41 heavy (non-hydrogen) atoms. The highest BCUT2D eigenvalue weighted by molar-refractivity contribution is 7.93. The van der Waals surface area contributed by atoms with Crippen molar-refractivity contribution >= 4 is 43.0 Å². The molecule has 4 aromatic rings. The van der Waals surface area contributed by atoms with Crippen molar-refractivity contribution in [3.63, 3.8) is 0 Å². The molecule has 0 saturated heterocycles. The summed E-state index contributed by atoms with van der Waals surface area (Å²) < 4.78 is 61.9. The Balaban J connectivity index is 1.55. The Hall–Kier alpha value is -4.35. The lowest BCUT2D eigenvalue weighted by atomic mass is 10.1. The first kappa shape index (κ1) is 29.6. The number of nitrogens with zero attached hydrogens (tertiary/aromatic N) is 1. The lowest BCUT2D eigenvalue weighted by molar-refractivity contribution is -0.114. The number of sulfonamides is 2. The van der Waals surface area contributed by atoms with Crippen LogP contribution in [-0.2, 0) is 24.8 Å². The molecule has 0 saturated carbocycles. The Kier molecular flexibility index (Phi) is 8.69. The molecule has 0 radical (unpaired) electrons. The normalized spacial score (nSPS) is 11.5. The van der Waals surface area contributed by atoms with Gasteiger partial charge in [-0.15, -0.1) is 0 Å². The van der Waals surface area contributed by atoms with E-state index in [-0.39, 0.29) is 15.5 Å². The molecule has 0 unspecified atom stereocenters. The van der Waals surface area contributed by atoms with Gasteiger partial charge in [-0.2, -0.15) is 0 Å². The molecule has 214 valence electrons. The standard InChI is InChI=1S/C30H31N3O6S2/c1-21-9-14-28(15-10-21)41(37,38)33(25-6-5-7-26(19-25)39-4)20-30(34)31-24-12-16-27(17-13-24)40(35,36)32-29-18-22(2)8-11-23(29)3/h5-19,32H,20H2,1-4H3,(H,31,34). The zero-order valence-electron chi connectivity index (χ0n) is 23.1. The van der Waals surface area contributed by atoms with Crippen LogP contribution in [0.5, 0.6) is 5.75 Å². The van der Waals surface area contributed by atoms with E-state index >= 15 is 0 Å². The second kappa shape index (κ2) is 12.0. The molecule has 0 aliphatic rings. The number of methoxy groups -OCH3 is 1. The summed E-state index contributed by atoms with van der Waals surface area (Å²) in [7, 11) is -6.53. The molecule has 4 aromatic carbocycles. The Bertz CT molecular complexity index is 1770. The van der Waals surface area contributed by atoms with E-state index in [1.165, 1.54) is 49.6 Å². The lowest BCUT2D eigenvalue weighted by Gasteiger charge is -2.24. The number of nitrogens with one attached hydrogen (secondary N) is 2. The minimum absolute atomic E-state index is 0.0105. The van der Waals surface area contributed by atoms with Gasteiger partial charge in [-0.1, -0.05) is 35.9 Å². The van der Waals surface area contributed by atoms with E-state index in [4.69, 9.17) is 4.74 Å². The highest BCUT2D eigenvalue weighted by atomic mass is 32.2. The molecular formula is C30H31N3O6S2. The van der Waals surface area contributed by atoms with Crippen molar-refractivity contribution in [1.29, 1.82) is 0 Å². The van der Waals surface area contributed by atoms with Gasteiger partial charge in [0.15, 0.2) is 0 Å². The summed E-state index contributed by atoms with van der Waals surface area (Å²) in [5.41, 5.74) is 3.63. The number of rotatable bonds is 10. The molecule has 2 N–H and O–H groups in total. The molecule has 0 aromatic heterocycles. The van der Waals surface area contributed by atoms with Crippen LogP contribution in [-0.4, -0.2) is 36.4 Å². The molecule has 4 rings (SSSR count).